The number of anilines is 3. The third kappa shape index (κ3) is 3.76. The summed E-state index contributed by atoms with van der Waals surface area (Å²) in [5, 5.41) is 6.42. The lowest BCUT2D eigenvalue weighted by Gasteiger charge is -2.08. The molecule has 5 nitrogen and oxygen atoms in total. The van der Waals surface area contributed by atoms with Gasteiger partial charge in [-0.05, 0) is 29.8 Å². The van der Waals surface area contributed by atoms with E-state index < -0.39 is 0 Å². The molecule has 0 radical (unpaired) electrons. The van der Waals surface area contributed by atoms with Crippen LogP contribution in [0.25, 0.3) is 0 Å². The summed E-state index contributed by atoms with van der Waals surface area (Å²) >= 11 is 0. The minimum atomic E-state index is 0.567. The van der Waals surface area contributed by atoms with Gasteiger partial charge in [0.1, 0.15) is 5.82 Å². The minimum absolute atomic E-state index is 0.567. The highest BCUT2D eigenvalue weighted by Crippen LogP contribution is 2.13. The van der Waals surface area contributed by atoms with Crippen LogP contribution in [-0.4, -0.2) is 15.0 Å². The van der Waals surface area contributed by atoms with E-state index >= 15 is 0 Å². The Morgan fingerprint density at radius 1 is 0.905 bits per heavy atom. The fourth-order valence-electron chi connectivity index (χ4n) is 1.86. The van der Waals surface area contributed by atoms with Gasteiger partial charge in [0.2, 0.25) is 5.95 Å². The third-order valence-electron chi connectivity index (χ3n) is 2.88. The Morgan fingerprint density at radius 2 is 1.81 bits per heavy atom. The van der Waals surface area contributed by atoms with Crippen molar-refractivity contribution in [3.63, 3.8) is 0 Å². The first-order valence-electron chi connectivity index (χ1n) is 6.68. The molecule has 2 aromatic heterocycles. The monoisotopic (exact) mass is 277 g/mol. The Kier molecular flexibility index (Phi) is 4.02. The molecule has 104 valence electrons. The summed E-state index contributed by atoms with van der Waals surface area (Å²) < 4.78 is 0. The van der Waals surface area contributed by atoms with Gasteiger partial charge in [0.25, 0.3) is 0 Å². The second-order valence-electron chi connectivity index (χ2n) is 4.47. The van der Waals surface area contributed by atoms with Crippen molar-refractivity contribution in [3.05, 3.63) is 72.7 Å². The first-order valence-corrected chi connectivity index (χ1v) is 6.68. The predicted octanol–water partition coefficient (Wildman–Crippen LogP) is 3.23. The van der Waals surface area contributed by atoms with E-state index in [9.17, 15) is 0 Å². The zero-order valence-electron chi connectivity index (χ0n) is 11.4. The van der Waals surface area contributed by atoms with Crippen molar-refractivity contribution in [2.45, 2.75) is 6.54 Å². The van der Waals surface area contributed by atoms with Gasteiger partial charge in [0.15, 0.2) is 0 Å². The summed E-state index contributed by atoms with van der Waals surface area (Å²) in [6.45, 7) is 0.676. The highest BCUT2D eigenvalue weighted by atomic mass is 15.1. The van der Waals surface area contributed by atoms with Crippen molar-refractivity contribution < 1.29 is 0 Å². The van der Waals surface area contributed by atoms with Gasteiger partial charge < -0.3 is 10.6 Å². The average Bonchev–Trinajstić information content (AvgIpc) is 2.55. The zero-order valence-corrected chi connectivity index (χ0v) is 11.4. The number of para-hydroxylation sites is 1. The molecule has 0 aliphatic carbocycles. The highest BCUT2D eigenvalue weighted by molar-refractivity contribution is 5.54. The summed E-state index contributed by atoms with van der Waals surface area (Å²) in [6, 6.07) is 15.6. The van der Waals surface area contributed by atoms with Gasteiger partial charge in [-0.1, -0.05) is 24.3 Å². The molecule has 5 heteroatoms. The molecule has 0 amide bonds. The van der Waals surface area contributed by atoms with E-state index in [2.05, 4.69) is 25.6 Å². The van der Waals surface area contributed by atoms with Crippen LogP contribution in [0.15, 0.2) is 67.1 Å². The fraction of sp³-hybridized carbons (Fsp3) is 0.0625. The van der Waals surface area contributed by atoms with E-state index in [1.54, 1.807) is 12.4 Å². The van der Waals surface area contributed by atoms with Crippen molar-refractivity contribution in [3.8, 4) is 0 Å². The molecule has 0 atom stereocenters. The Bertz CT molecular complexity index is 685. The van der Waals surface area contributed by atoms with Crippen LogP contribution in [0.4, 0.5) is 17.5 Å². The maximum atomic E-state index is 4.43. The maximum Gasteiger partial charge on any atom is 0.229 e. The van der Waals surface area contributed by atoms with E-state index in [0.717, 1.165) is 17.1 Å². The van der Waals surface area contributed by atoms with Gasteiger partial charge in [-0.25, -0.2) is 4.98 Å². The molecule has 1 aromatic carbocycles. The van der Waals surface area contributed by atoms with Crippen LogP contribution in [0.2, 0.25) is 0 Å². The summed E-state index contributed by atoms with van der Waals surface area (Å²) in [6.07, 6.45) is 5.32. The second-order valence-corrected chi connectivity index (χ2v) is 4.47. The lowest BCUT2D eigenvalue weighted by molar-refractivity contribution is 1.07. The molecule has 21 heavy (non-hydrogen) atoms. The topological polar surface area (TPSA) is 62.7 Å². The van der Waals surface area contributed by atoms with Gasteiger partial charge in [-0.2, -0.15) is 4.98 Å². The van der Waals surface area contributed by atoms with Crippen LogP contribution in [0.1, 0.15) is 5.56 Å². The van der Waals surface area contributed by atoms with Gasteiger partial charge in [-0.15, -0.1) is 0 Å². The molecule has 3 rings (SSSR count). The number of aromatic nitrogens is 3. The Balaban J connectivity index is 1.66. The van der Waals surface area contributed by atoms with Crippen LogP contribution < -0.4 is 10.6 Å². The fourth-order valence-corrected chi connectivity index (χ4v) is 1.86. The van der Waals surface area contributed by atoms with Crippen molar-refractivity contribution in [1.82, 2.24) is 15.0 Å². The standard InChI is InChI=1S/C16H15N5/c1-2-6-14(7-3-1)20-16-18-10-8-15(21-16)19-12-13-5-4-9-17-11-13/h1-11H,12H2,(H2,18,19,20,21). The number of pyridine rings is 1. The van der Waals surface area contributed by atoms with Gasteiger partial charge in [0.05, 0.1) is 0 Å². The lowest BCUT2D eigenvalue weighted by Crippen LogP contribution is -2.04. The number of nitrogens with one attached hydrogen (secondary N) is 2. The summed E-state index contributed by atoms with van der Waals surface area (Å²) in [5.74, 6) is 1.34. The average molecular weight is 277 g/mol. The molecule has 0 saturated carbocycles. The normalized spacial score (nSPS) is 10.1. The Labute approximate surface area is 123 Å². The molecular formula is C16H15N5. The maximum absolute atomic E-state index is 4.43. The van der Waals surface area contributed by atoms with Gasteiger partial charge >= 0.3 is 0 Å². The molecule has 0 aliphatic rings. The summed E-state index contributed by atoms with van der Waals surface area (Å²) in [5.41, 5.74) is 2.07. The van der Waals surface area contributed by atoms with Crippen LogP contribution in [-0.2, 0) is 6.54 Å². The van der Waals surface area contributed by atoms with E-state index in [-0.39, 0.29) is 0 Å². The molecule has 0 aliphatic heterocycles. The molecule has 3 aromatic rings. The van der Waals surface area contributed by atoms with Crippen molar-refractivity contribution in [2.75, 3.05) is 10.6 Å². The number of nitrogens with zero attached hydrogens (tertiary/aromatic N) is 3. The molecule has 2 heterocycles. The highest BCUT2D eigenvalue weighted by Gasteiger charge is 2.00. The van der Waals surface area contributed by atoms with Crippen molar-refractivity contribution in [1.29, 1.82) is 0 Å². The van der Waals surface area contributed by atoms with Gasteiger partial charge in [0, 0.05) is 30.8 Å². The van der Waals surface area contributed by atoms with Crippen molar-refractivity contribution in [2.24, 2.45) is 0 Å². The molecule has 2 N–H and O–H groups in total. The lowest BCUT2D eigenvalue weighted by atomic mass is 10.3. The van der Waals surface area contributed by atoms with Crippen LogP contribution in [0.3, 0.4) is 0 Å². The first-order chi connectivity index (χ1) is 10.4. The SMILES string of the molecule is c1ccc(Nc2nccc(NCc3cccnc3)n2)cc1. The third-order valence-corrected chi connectivity index (χ3v) is 2.88. The minimum Gasteiger partial charge on any atom is -0.366 e. The van der Waals surface area contributed by atoms with Crippen molar-refractivity contribution >= 4 is 17.5 Å². The van der Waals surface area contributed by atoms with E-state index in [4.69, 9.17) is 0 Å². The summed E-state index contributed by atoms with van der Waals surface area (Å²) in [4.78, 5) is 12.7. The summed E-state index contributed by atoms with van der Waals surface area (Å²) in [7, 11) is 0. The molecular weight excluding hydrogens is 262 g/mol. The first kappa shape index (κ1) is 13.1. The van der Waals surface area contributed by atoms with Crippen LogP contribution in [0.5, 0.6) is 0 Å². The number of benzene rings is 1. The zero-order chi connectivity index (χ0) is 14.3. The molecule has 0 fully saturated rings. The Hall–Kier alpha value is -2.95. The predicted molar refractivity (Wildman–Crippen MR) is 83.3 cm³/mol. The smallest absolute Gasteiger partial charge is 0.229 e. The van der Waals surface area contributed by atoms with Crippen LogP contribution in [0, 0.1) is 0 Å². The quantitative estimate of drug-likeness (QED) is 0.749. The van der Waals surface area contributed by atoms with Gasteiger partial charge in [-0.3, -0.25) is 4.98 Å². The van der Waals surface area contributed by atoms with Crippen LogP contribution >= 0.6 is 0 Å². The number of rotatable bonds is 5. The second kappa shape index (κ2) is 6.47. The molecule has 0 bridgehead atoms. The largest absolute Gasteiger partial charge is 0.366 e. The molecule has 0 spiro atoms. The van der Waals surface area contributed by atoms with E-state index in [0.29, 0.717) is 12.5 Å². The molecule has 0 saturated heterocycles. The van der Waals surface area contributed by atoms with E-state index in [1.807, 2.05) is 54.7 Å². The number of hydrogen-bond acceptors (Lipinski definition) is 5. The molecule has 0 unspecified atom stereocenters. The van der Waals surface area contributed by atoms with E-state index in [1.165, 1.54) is 0 Å². The number of hydrogen-bond donors (Lipinski definition) is 2. The Morgan fingerprint density at radius 3 is 2.62 bits per heavy atom.